The Balaban J connectivity index is 1.61. The SMILES string of the molecule is Clc1cccc(-c2noc(CCN3CC[N]CC3)n2)c1. The molecule has 6 heteroatoms. The number of rotatable bonds is 4. The Morgan fingerprint density at radius 1 is 1.25 bits per heavy atom. The van der Waals surface area contributed by atoms with E-state index in [1.54, 1.807) is 0 Å². The predicted molar refractivity (Wildman–Crippen MR) is 76.8 cm³/mol. The Morgan fingerprint density at radius 3 is 2.90 bits per heavy atom. The Labute approximate surface area is 122 Å². The fourth-order valence-electron chi connectivity index (χ4n) is 2.23. The largest absolute Gasteiger partial charge is 0.339 e. The highest BCUT2D eigenvalue weighted by Gasteiger charge is 2.13. The first kappa shape index (κ1) is 13.5. The molecule has 0 amide bonds. The predicted octanol–water partition coefficient (Wildman–Crippen LogP) is 1.85. The summed E-state index contributed by atoms with van der Waals surface area (Å²) < 4.78 is 5.30. The van der Waals surface area contributed by atoms with E-state index in [0.717, 1.165) is 44.7 Å². The number of nitrogens with zero attached hydrogens (tertiary/aromatic N) is 4. The molecule has 20 heavy (non-hydrogen) atoms. The van der Waals surface area contributed by atoms with Crippen molar-refractivity contribution in [1.82, 2.24) is 20.4 Å². The van der Waals surface area contributed by atoms with Crippen molar-refractivity contribution < 1.29 is 4.52 Å². The smallest absolute Gasteiger partial charge is 0.228 e. The zero-order valence-electron chi connectivity index (χ0n) is 11.1. The summed E-state index contributed by atoms with van der Waals surface area (Å²) in [7, 11) is 0. The molecule has 0 bridgehead atoms. The number of halogens is 1. The second kappa shape index (κ2) is 6.35. The molecule has 0 saturated carbocycles. The molecular formula is C14H16ClN4O. The molecule has 1 aromatic heterocycles. The Kier molecular flexibility index (Phi) is 4.30. The van der Waals surface area contributed by atoms with Gasteiger partial charge in [-0.15, -0.1) is 0 Å². The first-order valence-electron chi connectivity index (χ1n) is 6.75. The summed E-state index contributed by atoms with van der Waals surface area (Å²) in [6, 6.07) is 7.47. The molecule has 1 aromatic carbocycles. The second-order valence-corrected chi connectivity index (χ2v) is 5.22. The van der Waals surface area contributed by atoms with E-state index in [-0.39, 0.29) is 0 Å². The maximum atomic E-state index is 5.96. The van der Waals surface area contributed by atoms with Crippen molar-refractivity contribution in [2.45, 2.75) is 6.42 Å². The van der Waals surface area contributed by atoms with Crippen molar-refractivity contribution in [2.75, 3.05) is 32.7 Å². The van der Waals surface area contributed by atoms with Gasteiger partial charge in [-0.2, -0.15) is 4.98 Å². The van der Waals surface area contributed by atoms with E-state index in [1.807, 2.05) is 24.3 Å². The maximum Gasteiger partial charge on any atom is 0.228 e. The van der Waals surface area contributed by atoms with Crippen LogP contribution in [0.25, 0.3) is 11.4 Å². The van der Waals surface area contributed by atoms with Gasteiger partial charge in [0.15, 0.2) is 0 Å². The maximum absolute atomic E-state index is 5.96. The van der Waals surface area contributed by atoms with E-state index in [9.17, 15) is 0 Å². The van der Waals surface area contributed by atoms with Crippen LogP contribution < -0.4 is 5.32 Å². The molecule has 2 aromatic rings. The standard InChI is InChI=1S/C14H16ClN4O/c15-12-3-1-2-11(10-12)14-17-13(20-18-14)4-7-19-8-5-16-6-9-19/h1-3,10H,4-9H2. The molecular weight excluding hydrogens is 276 g/mol. The minimum atomic E-state index is 0.594. The third kappa shape index (κ3) is 3.36. The van der Waals surface area contributed by atoms with E-state index in [4.69, 9.17) is 16.1 Å². The fourth-order valence-corrected chi connectivity index (χ4v) is 2.42. The zero-order valence-corrected chi connectivity index (χ0v) is 11.9. The van der Waals surface area contributed by atoms with E-state index < -0.39 is 0 Å². The summed E-state index contributed by atoms with van der Waals surface area (Å²) in [4.78, 5) is 6.79. The summed E-state index contributed by atoms with van der Waals surface area (Å²) in [6.07, 6.45) is 0.771. The van der Waals surface area contributed by atoms with Crippen LogP contribution in [0.2, 0.25) is 5.02 Å². The summed E-state index contributed by atoms with van der Waals surface area (Å²) in [5, 5.41) is 9.01. The van der Waals surface area contributed by atoms with Crippen LogP contribution in [0.5, 0.6) is 0 Å². The van der Waals surface area contributed by atoms with Gasteiger partial charge >= 0.3 is 0 Å². The molecule has 1 aliphatic rings. The monoisotopic (exact) mass is 291 g/mol. The molecule has 0 atom stereocenters. The van der Waals surface area contributed by atoms with Crippen LogP contribution >= 0.6 is 11.6 Å². The first-order chi connectivity index (χ1) is 9.81. The van der Waals surface area contributed by atoms with Gasteiger partial charge in [0, 0.05) is 49.7 Å². The summed E-state index contributed by atoms with van der Waals surface area (Å²) in [6.45, 7) is 4.84. The van der Waals surface area contributed by atoms with Crippen molar-refractivity contribution >= 4 is 11.6 Å². The molecule has 105 valence electrons. The van der Waals surface area contributed by atoms with Crippen LogP contribution in [0.4, 0.5) is 0 Å². The number of benzene rings is 1. The molecule has 1 aliphatic heterocycles. The molecule has 0 N–H and O–H groups in total. The molecule has 0 spiro atoms. The second-order valence-electron chi connectivity index (χ2n) is 4.78. The third-order valence-electron chi connectivity index (χ3n) is 3.34. The lowest BCUT2D eigenvalue weighted by Crippen LogP contribution is -2.41. The molecule has 1 fully saturated rings. The number of aromatic nitrogens is 2. The average molecular weight is 292 g/mol. The molecule has 1 radical (unpaired) electrons. The van der Waals surface area contributed by atoms with Crippen molar-refractivity contribution in [3.8, 4) is 11.4 Å². The van der Waals surface area contributed by atoms with Crippen molar-refractivity contribution in [3.63, 3.8) is 0 Å². The zero-order chi connectivity index (χ0) is 13.8. The molecule has 0 aliphatic carbocycles. The van der Waals surface area contributed by atoms with Crippen molar-refractivity contribution in [3.05, 3.63) is 35.2 Å². The van der Waals surface area contributed by atoms with E-state index in [1.165, 1.54) is 0 Å². The summed E-state index contributed by atoms with van der Waals surface area (Å²) in [5.74, 6) is 1.26. The highest BCUT2D eigenvalue weighted by atomic mass is 35.5. The molecule has 0 unspecified atom stereocenters. The van der Waals surface area contributed by atoms with Gasteiger partial charge in [-0.25, -0.2) is 5.32 Å². The van der Waals surface area contributed by atoms with E-state index in [0.29, 0.717) is 16.7 Å². The summed E-state index contributed by atoms with van der Waals surface area (Å²) in [5.41, 5.74) is 0.879. The van der Waals surface area contributed by atoms with E-state index >= 15 is 0 Å². The van der Waals surface area contributed by atoms with Gasteiger partial charge in [0.05, 0.1) is 0 Å². The third-order valence-corrected chi connectivity index (χ3v) is 3.58. The number of piperazine rings is 1. The van der Waals surface area contributed by atoms with Crippen LogP contribution in [0.15, 0.2) is 28.8 Å². The summed E-state index contributed by atoms with van der Waals surface area (Å²) >= 11 is 5.96. The van der Waals surface area contributed by atoms with Gasteiger partial charge < -0.3 is 9.42 Å². The molecule has 5 nitrogen and oxygen atoms in total. The Bertz CT molecular complexity index is 566. The van der Waals surface area contributed by atoms with Crippen LogP contribution in [0, 0.1) is 0 Å². The van der Waals surface area contributed by atoms with E-state index in [2.05, 4.69) is 20.4 Å². The van der Waals surface area contributed by atoms with Crippen molar-refractivity contribution in [1.29, 1.82) is 0 Å². The minimum absolute atomic E-state index is 0.594. The van der Waals surface area contributed by atoms with Gasteiger partial charge in [-0.05, 0) is 12.1 Å². The number of hydrogen-bond donors (Lipinski definition) is 0. The quantitative estimate of drug-likeness (QED) is 0.863. The Hall–Kier alpha value is -1.43. The highest BCUT2D eigenvalue weighted by molar-refractivity contribution is 6.30. The molecule has 3 rings (SSSR count). The van der Waals surface area contributed by atoms with Gasteiger partial charge in [0.25, 0.3) is 0 Å². The lowest BCUT2D eigenvalue weighted by atomic mass is 10.2. The Morgan fingerprint density at radius 2 is 2.10 bits per heavy atom. The van der Waals surface area contributed by atoms with Gasteiger partial charge in [-0.3, -0.25) is 0 Å². The topological polar surface area (TPSA) is 56.3 Å². The van der Waals surface area contributed by atoms with Gasteiger partial charge in [0.1, 0.15) is 0 Å². The van der Waals surface area contributed by atoms with Crippen LogP contribution in [-0.4, -0.2) is 47.8 Å². The van der Waals surface area contributed by atoms with Crippen LogP contribution in [0.1, 0.15) is 5.89 Å². The first-order valence-corrected chi connectivity index (χ1v) is 7.13. The van der Waals surface area contributed by atoms with Crippen molar-refractivity contribution in [2.24, 2.45) is 0 Å². The lowest BCUT2D eigenvalue weighted by Gasteiger charge is -2.25. The lowest BCUT2D eigenvalue weighted by molar-refractivity contribution is 0.232. The fraction of sp³-hybridized carbons (Fsp3) is 0.429. The normalized spacial score (nSPS) is 16.4. The average Bonchev–Trinajstić information content (AvgIpc) is 2.95. The molecule has 2 heterocycles. The van der Waals surface area contributed by atoms with Crippen LogP contribution in [0.3, 0.4) is 0 Å². The minimum Gasteiger partial charge on any atom is -0.339 e. The number of hydrogen-bond acceptors (Lipinski definition) is 4. The van der Waals surface area contributed by atoms with Gasteiger partial charge in [0.2, 0.25) is 11.7 Å². The van der Waals surface area contributed by atoms with Gasteiger partial charge in [-0.1, -0.05) is 28.9 Å². The van der Waals surface area contributed by atoms with Crippen LogP contribution in [-0.2, 0) is 6.42 Å². The highest BCUT2D eigenvalue weighted by Crippen LogP contribution is 2.20. The molecule has 1 saturated heterocycles.